The largest absolute Gasteiger partial charge is 0.481 e. The van der Waals surface area contributed by atoms with Crippen molar-refractivity contribution in [3.05, 3.63) is 59.7 Å². The molecule has 0 spiro atoms. The van der Waals surface area contributed by atoms with Crippen molar-refractivity contribution in [1.82, 2.24) is 10.2 Å². The maximum Gasteiger partial charge on any atom is 0.407 e. The number of nitrogens with zero attached hydrogens (tertiary/aromatic N) is 1. The summed E-state index contributed by atoms with van der Waals surface area (Å²) in [6.45, 7) is 2.02. The number of alkyl carbamates (subject to hydrolysis) is 1. The van der Waals surface area contributed by atoms with E-state index in [-0.39, 0.29) is 36.9 Å². The normalized spacial score (nSPS) is 20.1. The van der Waals surface area contributed by atoms with Crippen LogP contribution < -0.4 is 5.32 Å². The molecular weight excluding hydrogens is 432 g/mol. The van der Waals surface area contributed by atoms with Gasteiger partial charge in [0.2, 0.25) is 5.91 Å². The molecule has 3 atom stereocenters. The van der Waals surface area contributed by atoms with E-state index in [1.54, 1.807) is 14.0 Å². The molecule has 0 heterocycles. The van der Waals surface area contributed by atoms with Gasteiger partial charge in [0.05, 0.1) is 5.92 Å². The van der Waals surface area contributed by atoms with Crippen molar-refractivity contribution in [2.75, 3.05) is 20.2 Å². The van der Waals surface area contributed by atoms with Gasteiger partial charge < -0.3 is 20.1 Å². The molecule has 2 aromatic rings. The Labute approximate surface area is 200 Å². The van der Waals surface area contributed by atoms with Crippen LogP contribution in [0.3, 0.4) is 0 Å². The average Bonchev–Trinajstić information content (AvgIpc) is 3.16. The first-order valence-corrected chi connectivity index (χ1v) is 11.9. The van der Waals surface area contributed by atoms with Crippen LogP contribution in [0.5, 0.6) is 0 Å². The maximum atomic E-state index is 12.8. The summed E-state index contributed by atoms with van der Waals surface area (Å²) in [6.07, 6.45) is 2.44. The molecule has 180 valence electrons. The number of amides is 2. The highest BCUT2D eigenvalue weighted by molar-refractivity contribution is 5.80. The van der Waals surface area contributed by atoms with Crippen LogP contribution in [0.15, 0.2) is 48.5 Å². The molecule has 2 amide bonds. The molecule has 2 aliphatic rings. The van der Waals surface area contributed by atoms with Crippen LogP contribution in [0.1, 0.15) is 49.7 Å². The monoisotopic (exact) mass is 464 g/mol. The first kappa shape index (κ1) is 23.8. The lowest BCUT2D eigenvalue weighted by molar-refractivity contribution is -0.143. The predicted molar refractivity (Wildman–Crippen MR) is 128 cm³/mol. The molecule has 3 unspecified atom stereocenters. The molecule has 2 aliphatic carbocycles. The molecule has 0 bridgehead atoms. The van der Waals surface area contributed by atoms with Gasteiger partial charge >= 0.3 is 12.1 Å². The molecule has 1 fully saturated rings. The van der Waals surface area contributed by atoms with Crippen molar-refractivity contribution in [2.45, 2.75) is 44.6 Å². The minimum absolute atomic E-state index is 0.00343. The third-order valence-corrected chi connectivity index (χ3v) is 7.03. The number of carbonyl (C=O) groups excluding carboxylic acids is 2. The second-order valence-corrected chi connectivity index (χ2v) is 9.49. The molecule has 0 radical (unpaired) electrons. The zero-order valence-corrected chi connectivity index (χ0v) is 19.7. The number of fused-ring (bicyclic) bond motifs is 3. The highest BCUT2D eigenvalue weighted by atomic mass is 16.5. The molecule has 2 N–H and O–H groups in total. The van der Waals surface area contributed by atoms with Crippen molar-refractivity contribution in [1.29, 1.82) is 0 Å². The lowest BCUT2D eigenvalue weighted by atomic mass is 9.84. The number of aliphatic carboxylic acids is 1. The lowest BCUT2D eigenvalue weighted by Crippen LogP contribution is -2.44. The van der Waals surface area contributed by atoms with Gasteiger partial charge in [0.1, 0.15) is 6.61 Å². The van der Waals surface area contributed by atoms with Crippen LogP contribution >= 0.6 is 0 Å². The fraction of sp³-hybridized carbons (Fsp3) is 0.444. The zero-order chi connectivity index (χ0) is 24.2. The molecule has 0 saturated heterocycles. The third kappa shape index (κ3) is 5.08. The highest BCUT2D eigenvalue weighted by Gasteiger charge is 2.32. The minimum Gasteiger partial charge on any atom is -0.481 e. The number of hydrogen-bond acceptors (Lipinski definition) is 4. The summed E-state index contributed by atoms with van der Waals surface area (Å²) in [4.78, 5) is 38.0. The topological polar surface area (TPSA) is 95.9 Å². The number of carbonyl (C=O) groups is 3. The average molecular weight is 465 g/mol. The molecule has 0 aliphatic heterocycles. The number of rotatable bonds is 7. The van der Waals surface area contributed by atoms with E-state index < -0.39 is 18.0 Å². The first-order chi connectivity index (χ1) is 16.3. The van der Waals surface area contributed by atoms with Gasteiger partial charge in [0, 0.05) is 31.5 Å². The van der Waals surface area contributed by atoms with Crippen molar-refractivity contribution in [3.8, 4) is 11.1 Å². The molecule has 34 heavy (non-hydrogen) atoms. The SMILES string of the molecule is CC(CN(C)C(=O)C1CCCC(NC(=O)OCC2c3ccccc3-c3ccccc32)C1)C(=O)O. The van der Waals surface area contributed by atoms with Gasteiger partial charge in [-0.25, -0.2) is 4.79 Å². The Morgan fingerprint density at radius 1 is 1.06 bits per heavy atom. The Balaban J connectivity index is 1.31. The van der Waals surface area contributed by atoms with Gasteiger partial charge in [-0.3, -0.25) is 9.59 Å². The molecule has 7 nitrogen and oxygen atoms in total. The Kier molecular flexibility index (Phi) is 7.20. The lowest BCUT2D eigenvalue weighted by Gasteiger charge is -2.32. The number of ether oxygens (including phenoxy) is 1. The van der Waals surface area contributed by atoms with E-state index in [4.69, 9.17) is 9.84 Å². The molecule has 0 aromatic heterocycles. The Morgan fingerprint density at radius 2 is 1.68 bits per heavy atom. The molecular formula is C27H32N2O5. The van der Waals surface area contributed by atoms with E-state index >= 15 is 0 Å². The van der Waals surface area contributed by atoms with Crippen LogP contribution in [0.2, 0.25) is 0 Å². The second-order valence-electron chi connectivity index (χ2n) is 9.49. The Hall–Kier alpha value is -3.35. The number of carboxylic acids is 1. The number of hydrogen-bond donors (Lipinski definition) is 2. The van der Waals surface area contributed by atoms with Crippen molar-refractivity contribution < 1.29 is 24.2 Å². The third-order valence-electron chi connectivity index (χ3n) is 7.03. The summed E-state index contributed by atoms with van der Waals surface area (Å²) in [5, 5.41) is 12.0. The summed E-state index contributed by atoms with van der Waals surface area (Å²) in [6, 6.07) is 16.3. The van der Waals surface area contributed by atoms with E-state index in [2.05, 4.69) is 29.6 Å². The second kappa shape index (κ2) is 10.3. The quantitative estimate of drug-likeness (QED) is 0.638. The fourth-order valence-electron chi connectivity index (χ4n) is 5.24. The predicted octanol–water partition coefficient (Wildman–Crippen LogP) is 4.26. The van der Waals surface area contributed by atoms with E-state index in [1.807, 2.05) is 24.3 Å². The van der Waals surface area contributed by atoms with E-state index in [0.717, 1.165) is 19.3 Å². The van der Waals surface area contributed by atoms with Crippen LogP contribution in [-0.4, -0.2) is 54.2 Å². The first-order valence-electron chi connectivity index (χ1n) is 11.9. The fourth-order valence-corrected chi connectivity index (χ4v) is 5.24. The Bertz CT molecular complexity index is 1020. The Morgan fingerprint density at radius 3 is 2.29 bits per heavy atom. The van der Waals surface area contributed by atoms with Gasteiger partial charge in [-0.2, -0.15) is 0 Å². The van der Waals surface area contributed by atoms with Gasteiger partial charge in [0.15, 0.2) is 0 Å². The van der Waals surface area contributed by atoms with Crippen LogP contribution in [-0.2, 0) is 14.3 Å². The van der Waals surface area contributed by atoms with Gasteiger partial charge in [-0.15, -0.1) is 0 Å². The number of benzene rings is 2. The van der Waals surface area contributed by atoms with Crippen LogP contribution in [0.4, 0.5) is 4.79 Å². The summed E-state index contributed by atoms with van der Waals surface area (Å²) < 4.78 is 5.65. The molecule has 7 heteroatoms. The van der Waals surface area contributed by atoms with Crippen molar-refractivity contribution >= 4 is 18.0 Å². The van der Waals surface area contributed by atoms with E-state index in [0.29, 0.717) is 6.42 Å². The van der Waals surface area contributed by atoms with Crippen LogP contribution in [0.25, 0.3) is 11.1 Å². The number of nitrogens with one attached hydrogen (secondary N) is 1. The molecule has 2 aromatic carbocycles. The standard InChI is InChI=1S/C27H32N2O5/c1-17(26(31)32)15-29(2)25(30)18-8-7-9-19(14-18)28-27(33)34-16-24-22-12-5-3-10-20(22)21-11-4-6-13-23(21)24/h3-6,10-13,17-19,24H,7-9,14-16H2,1-2H3,(H,28,33)(H,31,32). The van der Waals surface area contributed by atoms with Crippen molar-refractivity contribution in [2.24, 2.45) is 11.8 Å². The number of carboxylic acid groups (broad SMARTS) is 1. The molecule has 4 rings (SSSR count). The maximum absolute atomic E-state index is 12.8. The summed E-state index contributed by atoms with van der Waals surface area (Å²) in [5.74, 6) is -1.82. The van der Waals surface area contributed by atoms with Crippen molar-refractivity contribution in [3.63, 3.8) is 0 Å². The summed E-state index contributed by atoms with van der Waals surface area (Å²) in [5.41, 5.74) is 4.70. The van der Waals surface area contributed by atoms with E-state index in [1.165, 1.54) is 27.2 Å². The van der Waals surface area contributed by atoms with Gasteiger partial charge in [-0.1, -0.05) is 61.9 Å². The summed E-state index contributed by atoms with van der Waals surface area (Å²) in [7, 11) is 1.64. The van der Waals surface area contributed by atoms with Crippen LogP contribution in [0, 0.1) is 11.8 Å². The minimum atomic E-state index is -0.918. The van der Waals surface area contributed by atoms with Gasteiger partial charge in [-0.05, 0) is 41.5 Å². The zero-order valence-electron chi connectivity index (χ0n) is 19.7. The smallest absolute Gasteiger partial charge is 0.407 e. The van der Waals surface area contributed by atoms with Gasteiger partial charge in [0.25, 0.3) is 0 Å². The summed E-state index contributed by atoms with van der Waals surface area (Å²) >= 11 is 0. The highest BCUT2D eigenvalue weighted by Crippen LogP contribution is 2.44. The van der Waals surface area contributed by atoms with E-state index in [9.17, 15) is 14.4 Å². The molecule has 1 saturated carbocycles.